The van der Waals surface area contributed by atoms with E-state index in [1.807, 2.05) is 41.5 Å². The number of rotatable bonds is 4. The minimum atomic E-state index is -0.914. The van der Waals surface area contributed by atoms with E-state index in [0.717, 1.165) is 12.0 Å². The number of hydrogen-bond donors (Lipinski definition) is 1. The normalized spacial score (nSPS) is 42.4. The molecule has 3 fully saturated rings. The van der Waals surface area contributed by atoms with E-state index in [4.69, 9.17) is 14.2 Å². The van der Waals surface area contributed by atoms with Crippen LogP contribution in [0.4, 0.5) is 0 Å². The van der Waals surface area contributed by atoms with Gasteiger partial charge in [-0.05, 0) is 44.1 Å². The Morgan fingerprint density at radius 2 is 1.86 bits per heavy atom. The first-order valence-electron chi connectivity index (χ1n) is 10.8. The lowest BCUT2D eigenvalue weighted by Gasteiger charge is -2.45. The molecule has 0 amide bonds. The van der Waals surface area contributed by atoms with E-state index >= 15 is 0 Å². The van der Waals surface area contributed by atoms with Crippen molar-refractivity contribution in [1.29, 1.82) is 0 Å². The second-order valence-electron chi connectivity index (χ2n) is 10.6. The standard InChI is InChI=1S/C23H38O5/c1-13(2)11-17(24)26-16-12-15(5)18-20(28-21(6,7)27-18)22(8)9-10-23(25,14(3)4)19(16)22/h13-14,16,18-20,25H,5,9-12H2,1-4,6-8H3/t16-,18+,19+,20+,22-,23+/m0/s1. The van der Waals surface area contributed by atoms with E-state index in [-0.39, 0.29) is 41.3 Å². The van der Waals surface area contributed by atoms with Crippen molar-refractivity contribution in [2.45, 2.75) is 104 Å². The average molecular weight is 395 g/mol. The Hall–Kier alpha value is -0.910. The molecule has 2 aliphatic carbocycles. The first kappa shape index (κ1) is 21.8. The van der Waals surface area contributed by atoms with Crippen molar-refractivity contribution in [1.82, 2.24) is 0 Å². The van der Waals surface area contributed by atoms with Gasteiger partial charge in [-0.1, -0.05) is 41.2 Å². The predicted molar refractivity (Wildman–Crippen MR) is 108 cm³/mol. The van der Waals surface area contributed by atoms with Crippen molar-refractivity contribution >= 4 is 5.97 Å². The molecule has 0 bridgehead atoms. The van der Waals surface area contributed by atoms with E-state index in [1.54, 1.807) is 0 Å². The van der Waals surface area contributed by atoms with Crippen LogP contribution in [-0.2, 0) is 19.0 Å². The van der Waals surface area contributed by atoms with Gasteiger partial charge >= 0.3 is 5.97 Å². The molecule has 1 heterocycles. The number of ether oxygens (including phenoxy) is 3. The Kier molecular flexibility index (Phi) is 5.53. The minimum Gasteiger partial charge on any atom is -0.462 e. The van der Waals surface area contributed by atoms with E-state index in [9.17, 15) is 9.90 Å². The highest BCUT2D eigenvalue weighted by Crippen LogP contribution is 2.61. The van der Waals surface area contributed by atoms with Crippen molar-refractivity contribution in [2.24, 2.45) is 23.2 Å². The third-order valence-corrected chi connectivity index (χ3v) is 7.15. The molecule has 5 heteroatoms. The molecule has 1 saturated heterocycles. The Morgan fingerprint density at radius 3 is 2.43 bits per heavy atom. The van der Waals surface area contributed by atoms with E-state index in [1.165, 1.54) is 0 Å². The Balaban J connectivity index is 2.02. The second-order valence-corrected chi connectivity index (χ2v) is 10.6. The van der Waals surface area contributed by atoms with Gasteiger partial charge in [0.2, 0.25) is 0 Å². The number of fused-ring (bicyclic) bond motifs is 3. The molecular weight excluding hydrogens is 356 g/mol. The highest BCUT2D eigenvalue weighted by molar-refractivity contribution is 5.70. The van der Waals surface area contributed by atoms with Crippen LogP contribution in [0.1, 0.15) is 74.1 Å². The maximum atomic E-state index is 12.6. The highest BCUT2D eigenvalue weighted by atomic mass is 16.8. The van der Waals surface area contributed by atoms with Gasteiger partial charge in [0.15, 0.2) is 5.79 Å². The van der Waals surface area contributed by atoms with Crippen molar-refractivity contribution in [2.75, 3.05) is 0 Å². The van der Waals surface area contributed by atoms with Gasteiger partial charge in [-0.2, -0.15) is 0 Å². The number of hydrogen-bond acceptors (Lipinski definition) is 5. The fourth-order valence-electron chi connectivity index (χ4n) is 5.76. The Morgan fingerprint density at radius 1 is 1.21 bits per heavy atom. The number of esters is 1. The molecule has 0 aromatic carbocycles. The van der Waals surface area contributed by atoms with E-state index < -0.39 is 17.5 Å². The molecule has 3 aliphatic rings. The van der Waals surface area contributed by atoms with Crippen LogP contribution in [0.25, 0.3) is 0 Å². The maximum Gasteiger partial charge on any atom is 0.306 e. The average Bonchev–Trinajstić information content (AvgIpc) is 2.99. The third-order valence-electron chi connectivity index (χ3n) is 7.15. The fourth-order valence-corrected chi connectivity index (χ4v) is 5.76. The second kappa shape index (κ2) is 7.10. The molecule has 28 heavy (non-hydrogen) atoms. The molecule has 160 valence electrons. The summed E-state index contributed by atoms with van der Waals surface area (Å²) >= 11 is 0. The summed E-state index contributed by atoms with van der Waals surface area (Å²) in [5.41, 5.74) is -0.387. The van der Waals surface area contributed by atoms with Crippen molar-refractivity contribution < 1.29 is 24.1 Å². The quantitative estimate of drug-likeness (QED) is 0.571. The summed E-state index contributed by atoms with van der Waals surface area (Å²) < 4.78 is 18.6. The lowest BCUT2D eigenvalue weighted by Crippen LogP contribution is -2.53. The molecule has 0 radical (unpaired) electrons. The topological polar surface area (TPSA) is 65.0 Å². The lowest BCUT2D eigenvalue weighted by atomic mass is 9.66. The SMILES string of the molecule is C=C1C[C@H](OC(=O)CC(C)C)[C@@H]2[C@](C)(CC[C@@]2(O)C(C)C)[C@@H]2OC(C)(C)O[C@H]12. The fraction of sp³-hybridized carbons (Fsp3) is 0.870. The van der Waals surface area contributed by atoms with Crippen LogP contribution in [-0.4, -0.2) is 40.8 Å². The van der Waals surface area contributed by atoms with Gasteiger partial charge < -0.3 is 19.3 Å². The lowest BCUT2D eigenvalue weighted by molar-refractivity contribution is -0.188. The molecule has 0 aromatic rings. The smallest absolute Gasteiger partial charge is 0.306 e. The summed E-state index contributed by atoms with van der Waals surface area (Å²) in [4.78, 5) is 12.6. The highest BCUT2D eigenvalue weighted by Gasteiger charge is 2.67. The Bertz CT molecular complexity index is 639. The largest absolute Gasteiger partial charge is 0.462 e. The van der Waals surface area contributed by atoms with E-state index in [2.05, 4.69) is 13.5 Å². The Labute approximate surface area is 169 Å². The van der Waals surface area contributed by atoms with Gasteiger partial charge in [-0.15, -0.1) is 0 Å². The zero-order valence-corrected chi connectivity index (χ0v) is 18.6. The molecule has 1 N–H and O–H groups in total. The summed E-state index contributed by atoms with van der Waals surface area (Å²) in [5.74, 6) is -0.841. The monoisotopic (exact) mass is 394 g/mol. The van der Waals surface area contributed by atoms with Crippen LogP contribution in [0.15, 0.2) is 12.2 Å². The molecule has 5 nitrogen and oxygen atoms in total. The van der Waals surface area contributed by atoms with Crippen LogP contribution in [0.3, 0.4) is 0 Å². The molecular formula is C23H38O5. The molecule has 0 spiro atoms. The van der Waals surface area contributed by atoms with Gasteiger partial charge in [-0.3, -0.25) is 4.79 Å². The third kappa shape index (κ3) is 3.54. The van der Waals surface area contributed by atoms with Crippen LogP contribution in [0.5, 0.6) is 0 Å². The molecule has 3 rings (SSSR count). The first-order valence-corrected chi connectivity index (χ1v) is 10.8. The van der Waals surface area contributed by atoms with Crippen LogP contribution in [0, 0.1) is 23.2 Å². The summed E-state index contributed by atoms with van der Waals surface area (Å²) in [5, 5.41) is 11.7. The van der Waals surface area contributed by atoms with Crippen molar-refractivity contribution in [3.8, 4) is 0 Å². The number of aliphatic hydroxyl groups is 1. The summed E-state index contributed by atoms with van der Waals surface area (Å²) in [6, 6.07) is 0. The number of carbonyl (C=O) groups is 1. The van der Waals surface area contributed by atoms with Crippen LogP contribution in [0.2, 0.25) is 0 Å². The molecule has 6 atom stereocenters. The summed E-state index contributed by atoms with van der Waals surface area (Å²) in [7, 11) is 0. The molecule has 1 aliphatic heterocycles. The van der Waals surface area contributed by atoms with Gasteiger partial charge in [0.1, 0.15) is 12.2 Å². The van der Waals surface area contributed by atoms with Crippen LogP contribution >= 0.6 is 0 Å². The predicted octanol–water partition coefficient (Wildman–Crippen LogP) is 4.23. The summed E-state index contributed by atoms with van der Waals surface area (Å²) in [6.07, 6.45) is 1.48. The van der Waals surface area contributed by atoms with Crippen molar-refractivity contribution in [3.63, 3.8) is 0 Å². The minimum absolute atomic E-state index is 0.0470. The molecule has 2 saturated carbocycles. The van der Waals surface area contributed by atoms with Crippen molar-refractivity contribution in [3.05, 3.63) is 12.2 Å². The van der Waals surface area contributed by atoms with E-state index in [0.29, 0.717) is 19.3 Å². The van der Waals surface area contributed by atoms with Gasteiger partial charge in [0, 0.05) is 24.2 Å². The summed E-state index contributed by atoms with van der Waals surface area (Å²) in [6.45, 7) is 18.4. The zero-order chi connectivity index (χ0) is 21.1. The van der Waals surface area contributed by atoms with Gasteiger partial charge in [0.05, 0.1) is 11.7 Å². The number of carbonyl (C=O) groups excluding carboxylic acids is 1. The molecule has 0 aromatic heterocycles. The van der Waals surface area contributed by atoms with Crippen LogP contribution < -0.4 is 0 Å². The zero-order valence-electron chi connectivity index (χ0n) is 18.6. The van der Waals surface area contributed by atoms with Gasteiger partial charge in [0.25, 0.3) is 0 Å². The maximum absolute atomic E-state index is 12.6. The molecule has 0 unspecified atom stereocenters. The first-order chi connectivity index (χ1) is 12.8. The van der Waals surface area contributed by atoms with Gasteiger partial charge in [-0.25, -0.2) is 0 Å².